The average molecular weight is 271 g/mol. The van der Waals surface area contributed by atoms with E-state index in [4.69, 9.17) is 0 Å². The summed E-state index contributed by atoms with van der Waals surface area (Å²) < 4.78 is 2.04. The van der Waals surface area contributed by atoms with E-state index >= 15 is 0 Å². The van der Waals surface area contributed by atoms with Gasteiger partial charge in [-0.05, 0) is 44.9 Å². The Labute approximate surface area is 122 Å². The molecule has 0 spiro atoms. The SMILES string of the molecule is Cc1nn(-c2ccccc2)c(C)c1CNCCC(C)C. The van der Waals surface area contributed by atoms with Crippen LogP contribution in [0.4, 0.5) is 0 Å². The number of rotatable bonds is 6. The molecule has 0 aliphatic heterocycles. The van der Waals surface area contributed by atoms with Crippen LogP contribution in [0.1, 0.15) is 37.2 Å². The lowest BCUT2D eigenvalue weighted by Gasteiger charge is -2.08. The highest BCUT2D eigenvalue weighted by molar-refractivity contribution is 5.36. The molecule has 0 saturated carbocycles. The summed E-state index contributed by atoms with van der Waals surface area (Å²) in [5.74, 6) is 0.747. The van der Waals surface area contributed by atoms with E-state index in [1.54, 1.807) is 0 Å². The summed E-state index contributed by atoms with van der Waals surface area (Å²) in [4.78, 5) is 0. The molecule has 1 heterocycles. The van der Waals surface area contributed by atoms with Crippen molar-refractivity contribution in [2.45, 2.75) is 40.7 Å². The molecule has 0 radical (unpaired) electrons. The van der Waals surface area contributed by atoms with E-state index in [-0.39, 0.29) is 0 Å². The summed E-state index contributed by atoms with van der Waals surface area (Å²) in [6.07, 6.45) is 1.21. The monoisotopic (exact) mass is 271 g/mol. The number of aryl methyl sites for hydroxylation is 1. The summed E-state index contributed by atoms with van der Waals surface area (Å²) in [6.45, 7) is 10.7. The second-order valence-corrected chi connectivity index (χ2v) is 5.76. The summed E-state index contributed by atoms with van der Waals surface area (Å²) in [7, 11) is 0. The second kappa shape index (κ2) is 6.71. The molecule has 0 bridgehead atoms. The van der Waals surface area contributed by atoms with Crippen molar-refractivity contribution in [2.75, 3.05) is 6.54 Å². The zero-order valence-electron chi connectivity index (χ0n) is 13.0. The van der Waals surface area contributed by atoms with Crippen LogP contribution >= 0.6 is 0 Å². The van der Waals surface area contributed by atoms with Crippen LogP contribution in [0.25, 0.3) is 5.69 Å². The number of nitrogens with zero attached hydrogens (tertiary/aromatic N) is 2. The Morgan fingerprint density at radius 2 is 1.85 bits per heavy atom. The molecule has 108 valence electrons. The summed E-state index contributed by atoms with van der Waals surface area (Å²) >= 11 is 0. The van der Waals surface area contributed by atoms with Crippen LogP contribution in [0, 0.1) is 19.8 Å². The number of para-hydroxylation sites is 1. The van der Waals surface area contributed by atoms with E-state index < -0.39 is 0 Å². The van der Waals surface area contributed by atoms with Gasteiger partial charge in [-0.3, -0.25) is 0 Å². The lowest BCUT2D eigenvalue weighted by molar-refractivity contribution is 0.536. The molecule has 3 heteroatoms. The predicted octanol–water partition coefficient (Wildman–Crippen LogP) is 3.62. The summed E-state index contributed by atoms with van der Waals surface area (Å²) in [5.41, 5.74) is 4.79. The van der Waals surface area contributed by atoms with Crippen LogP contribution < -0.4 is 5.32 Å². The zero-order valence-corrected chi connectivity index (χ0v) is 13.0. The third-order valence-corrected chi connectivity index (χ3v) is 3.64. The third kappa shape index (κ3) is 3.48. The molecule has 0 unspecified atom stereocenters. The smallest absolute Gasteiger partial charge is 0.0648 e. The molecule has 2 rings (SSSR count). The van der Waals surface area contributed by atoms with E-state index in [1.165, 1.54) is 17.7 Å². The largest absolute Gasteiger partial charge is 0.313 e. The van der Waals surface area contributed by atoms with Gasteiger partial charge in [-0.25, -0.2) is 4.68 Å². The van der Waals surface area contributed by atoms with Gasteiger partial charge in [-0.2, -0.15) is 5.10 Å². The lowest BCUT2D eigenvalue weighted by atomic mass is 10.1. The van der Waals surface area contributed by atoms with Gasteiger partial charge in [0.25, 0.3) is 0 Å². The van der Waals surface area contributed by atoms with Crippen molar-refractivity contribution in [1.82, 2.24) is 15.1 Å². The third-order valence-electron chi connectivity index (χ3n) is 3.64. The van der Waals surface area contributed by atoms with Gasteiger partial charge in [-0.1, -0.05) is 32.0 Å². The number of nitrogens with one attached hydrogen (secondary N) is 1. The van der Waals surface area contributed by atoms with Crippen molar-refractivity contribution in [3.05, 3.63) is 47.3 Å². The molecule has 1 aromatic heterocycles. The minimum Gasteiger partial charge on any atom is -0.313 e. The highest BCUT2D eigenvalue weighted by Gasteiger charge is 2.12. The number of benzene rings is 1. The highest BCUT2D eigenvalue weighted by atomic mass is 15.3. The Balaban J connectivity index is 2.09. The topological polar surface area (TPSA) is 29.9 Å². The quantitative estimate of drug-likeness (QED) is 0.813. The van der Waals surface area contributed by atoms with Crippen LogP contribution in [-0.4, -0.2) is 16.3 Å². The minimum absolute atomic E-state index is 0.747. The van der Waals surface area contributed by atoms with Gasteiger partial charge in [0.15, 0.2) is 0 Å². The van der Waals surface area contributed by atoms with E-state index in [0.717, 1.165) is 30.4 Å². The minimum atomic E-state index is 0.747. The van der Waals surface area contributed by atoms with E-state index in [1.807, 2.05) is 22.9 Å². The molecule has 0 saturated heterocycles. The maximum atomic E-state index is 4.67. The fourth-order valence-corrected chi connectivity index (χ4v) is 2.36. The number of aromatic nitrogens is 2. The molecule has 0 aliphatic rings. The molecule has 0 amide bonds. The summed E-state index contributed by atoms with van der Waals surface area (Å²) in [5, 5.41) is 8.20. The van der Waals surface area contributed by atoms with Crippen LogP contribution in [-0.2, 0) is 6.54 Å². The predicted molar refractivity (Wildman–Crippen MR) is 84.2 cm³/mol. The van der Waals surface area contributed by atoms with Crippen molar-refractivity contribution in [3.63, 3.8) is 0 Å². The molecule has 1 N–H and O–H groups in total. The van der Waals surface area contributed by atoms with Crippen molar-refractivity contribution in [3.8, 4) is 5.69 Å². The molecular formula is C17H25N3. The molecule has 0 fully saturated rings. The Morgan fingerprint density at radius 1 is 1.15 bits per heavy atom. The molecule has 20 heavy (non-hydrogen) atoms. The van der Waals surface area contributed by atoms with Crippen LogP contribution in [0.2, 0.25) is 0 Å². The first-order valence-electron chi connectivity index (χ1n) is 7.41. The fraction of sp³-hybridized carbons (Fsp3) is 0.471. The molecule has 2 aromatic rings. The molecular weight excluding hydrogens is 246 g/mol. The zero-order chi connectivity index (χ0) is 14.5. The molecule has 1 aromatic carbocycles. The first kappa shape index (κ1) is 14.8. The summed E-state index contributed by atoms with van der Waals surface area (Å²) in [6, 6.07) is 10.3. The van der Waals surface area contributed by atoms with Crippen molar-refractivity contribution in [1.29, 1.82) is 0 Å². The van der Waals surface area contributed by atoms with Crippen molar-refractivity contribution >= 4 is 0 Å². The standard InChI is InChI=1S/C17H25N3/c1-13(2)10-11-18-12-17-14(3)19-20(15(17)4)16-8-6-5-7-9-16/h5-9,13,18H,10-12H2,1-4H3. The van der Waals surface area contributed by atoms with Crippen LogP contribution in [0.5, 0.6) is 0 Å². The van der Waals surface area contributed by atoms with E-state index in [2.05, 4.69) is 50.2 Å². The van der Waals surface area contributed by atoms with Crippen LogP contribution in [0.15, 0.2) is 30.3 Å². The van der Waals surface area contributed by atoms with Gasteiger partial charge in [0.1, 0.15) is 0 Å². The normalized spacial score (nSPS) is 11.2. The van der Waals surface area contributed by atoms with Gasteiger partial charge in [0.05, 0.1) is 11.4 Å². The first-order chi connectivity index (χ1) is 9.59. The van der Waals surface area contributed by atoms with Gasteiger partial charge < -0.3 is 5.32 Å². The van der Waals surface area contributed by atoms with E-state index in [0.29, 0.717) is 0 Å². The van der Waals surface area contributed by atoms with Crippen molar-refractivity contribution in [2.24, 2.45) is 5.92 Å². The fourth-order valence-electron chi connectivity index (χ4n) is 2.36. The average Bonchev–Trinajstić information content (AvgIpc) is 2.71. The Hall–Kier alpha value is -1.61. The van der Waals surface area contributed by atoms with Crippen LogP contribution in [0.3, 0.4) is 0 Å². The molecule has 0 aliphatic carbocycles. The molecule has 3 nitrogen and oxygen atoms in total. The van der Waals surface area contributed by atoms with Gasteiger partial charge >= 0.3 is 0 Å². The van der Waals surface area contributed by atoms with Crippen molar-refractivity contribution < 1.29 is 0 Å². The Kier molecular flexibility index (Phi) is 4.96. The van der Waals surface area contributed by atoms with Gasteiger partial charge in [0, 0.05) is 17.8 Å². The highest BCUT2D eigenvalue weighted by Crippen LogP contribution is 2.17. The maximum Gasteiger partial charge on any atom is 0.0648 e. The second-order valence-electron chi connectivity index (χ2n) is 5.76. The first-order valence-corrected chi connectivity index (χ1v) is 7.41. The van der Waals surface area contributed by atoms with Gasteiger partial charge in [0.2, 0.25) is 0 Å². The molecule has 0 atom stereocenters. The lowest BCUT2D eigenvalue weighted by Crippen LogP contribution is -2.17. The number of hydrogen-bond donors (Lipinski definition) is 1. The Bertz CT molecular complexity index is 541. The van der Waals surface area contributed by atoms with E-state index in [9.17, 15) is 0 Å². The van der Waals surface area contributed by atoms with Gasteiger partial charge in [-0.15, -0.1) is 0 Å². The maximum absolute atomic E-state index is 4.67. The number of hydrogen-bond acceptors (Lipinski definition) is 2. The Morgan fingerprint density at radius 3 is 2.50 bits per heavy atom.